The van der Waals surface area contributed by atoms with Crippen LogP contribution in [-0.2, 0) is 0 Å². The molecule has 0 amide bonds. The van der Waals surface area contributed by atoms with Gasteiger partial charge in [-0.15, -0.1) is 0 Å². The van der Waals surface area contributed by atoms with Gasteiger partial charge in [-0.3, -0.25) is 4.90 Å². The van der Waals surface area contributed by atoms with E-state index < -0.39 is 5.67 Å². The van der Waals surface area contributed by atoms with Crippen LogP contribution in [0.2, 0.25) is 0 Å². The normalized spacial score (nSPS) is 38.1. The highest BCUT2D eigenvalue weighted by Crippen LogP contribution is 2.46. The molecule has 3 heteroatoms. The lowest BCUT2D eigenvalue weighted by atomic mass is 10.1. The highest BCUT2D eigenvalue weighted by molar-refractivity contribution is 4.96. The number of aliphatic hydroxyl groups is 1. The van der Waals surface area contributed by atoms with Crippen molar-refractivity contribution in [2.24, 2.45) is 5.41 Å². The fourth-order valence-corrected chi connectivity index (χ4v) is 2.09. The number of alkyl halides is 1. The second-order valence-electron chi connectivity index (χ2n) is 5.08. The Kier molecular flexibility index (Phi) is 2.11. The molecule has 1 heterocycles. The van der Waals surface area contributed by atoms with Gasteiger partial charge in [0.15, 0.2) is 0 Å². The summed E-state index contributed by atoms with van der Waals surface area (Å²) in [6.07, 6.45) is 3.06. The van der Waals surface area contributed by atoms with Gasteiger partial charge in [-0.2, -0.15) is 0 Å². The predicted molar refractivity (Wildman–Crippen MR) is 49.3 cm³/mol. The van der Waals surface area contributed by atoms with Gasteiger partial charge in [-0.1, -0.05) is 6.92 Å². The molecule has 0 aromatic rings. The molecule has 2 nitrogen and oxygen atoms in total. The summed E-state index contributed by atoms with van der Waals surface area (Å²) in [6, 6.07) is 0. The zero-order chi connectivity index (χ0) is 9.53. The molecule has 1 saturated carbocycles. The van der Waals surface area contributed by atoms with E-state index in [1.807, 2.05) is 0 Å². The zero-order valence-corrected chi connectivity index (χ0v) is 8.22. The summed E-state index contributed by atoms with van der Waals surface area (Å²) < 4.78 is 13.6. The Morgan fingerprint density at radius 2 is 2.08 bits per heavy atom. The average Bonchev–Trinajstić information content (AvgIpc) is 2.68. The largest absolute Gasteiger partial charge is 0.393 e. The van der Waals surface area contributed by atoms with Crippen LogP contribution in [0.3, 0.4) is 0 Å². The quantitative estimate of drug-likeness (QED) is 0.717. The first kappa shape index (κ1) is 9.41. The summed E-state index contributed by atoms with van der Waals surface area (Å²) in [7, 11) is 0. The standard InChI is InChI=1S/C10H18FNO/c1-9(2-3-9)6-12-5-4-10(11,7-12)8-13/h13H,2-8H2,1H3. The average molecular weight is 187 g/mol. The second kappa shape index (κ2) is 2.92. The van der Waals surface area contributed by atoms with E-state index in [0.717, 1.165) is 13.1 Å². The summed E-state index contributed by atoms with van der Waals surface area (Å²) in [6.45, 7) is 4.19. The van der Waals surface area contributed by atoms with Crippen molar-refractivity contribution >= 4 is 0 Å². The number of nitrogens with zero attached hydrogens (tertiary/aromatic N) is 1. The first-order valence-electron chi connectivity index (χ1n) is 5.08. The summed E-state index contributed by atoms with van der Waals surface area (Å²) >= 11 is 0. The maximum absolute atomic E-state index is 13.6. The first-order valence-corrected chi connectivity index (χ1v) is 5.08. The van der Waals surface area contributed by atoms with Gasteiger partial charge in [0.25, 0.3) is 0 Å². The molecule has 1 N–H and O–H groups in total. The summed E-state index contributed by atoms with van der Waals surface area (Å²) in [5, 5.41) is 8.86. The van der Waals surface area contributed by atoms with Gasteiger partial charge in [-0.25, -0.2) is 4.39 Å². The Morgan fingerprint density at radius 1 is 1.38 bits per heavy atom. The van der Waals surface area contributed by atoms with E-state index in [2.05, 4.69) is 11.8 Å². The molecule has 13 heavy (non-hydrogen) atoms. The molecule has 2 aliphatic rings. The molecule has 1 atom stereocenters. The summed E-state index contributed by atoms with van der Waals surface area (Å²) in [4.78, 5) is 2.16. The van der Waals surface area contributed by atoms with Crippen molar-refractivity contribution in [1.29, 1.82) is 0 Å². The van der Waals surface area contributed by atoms with Crippen molar-refractivity contribution in [2.45, 2.75) is 31.9 Å². The van der Waals surface area contributed by atoms with Gasteiger partial charge in [0.1, 0.15) is 5.67 Å². The summed E-state index contributed by atoms with van der Waals surface area (Å²) in [5.41, 5.74) is -0.855. The molecule has 2 rings (SSSR count). The molecular formula is C10H18FNO. The summed E-state index contributed by atoms with van der Waals surface area (Å²) in [5.74, 6) is 0. The lowest BCUT2D eigenvalue weighted by molar-refractivity contribution is 0.0755. The minimum Gasteiger partial charge on any atom is -0.393 e. The molecule has 0 bridgehead atoms. The molecule has 0 aromatic carbocycles. The Morgan fingerprint density at radius 3 is 2.54 bits per heavy atom. The van der Waals surface area contributed by atoms with Crippen molar-refractivity contribution in [1.82, 2.24) is 4.90 Å². The fraction of sp³-hybridized carbons (Fsp3) is 1.00. The van der Waals surface area contributed by atoms with Crippen LogP contribution >= 0.6 is 0 Å². The van der Waals surface area contributed by atoms with Crippen molar-refractivity contribution in [3.63, 3.8) is 0 Å². The van der Waals surface area contributed by atoms with Crippen LogP contribution in [0.4, 0.5) is 4.39 Å². The van der Waals surface area contributed by atoms with Gasteiger partial charge in [0, 0.05) is 19.6 Å². The molecule has 2 fully saturated rings. The minimum atomic E-state index is -1.31. The van der Waals surface area contributed by atoms with E-state index in [4.69, 9.17) is 5.11 Å². The van der Waals surface area contributed by atoms with Crippen molar-refractivity contribution in [3.8, 4) is 0 Å². The minimum absolute atomic E-state index is 0.319. The maximum atomic E-state index is 13.6. The van der Waals surface area contributed by atoms with E-state index in [-0.39, 0.29) is 6.61 Å². The van der Waals surface area contributed by atoms with Crippen LogP contribution in [0.1, 0.15) is 26.2 Å². The SMILES string of the molecule is CC1(CN2CCC(F)(CO)C2)CC1. The fourth-order valence-electron chi connectivity index (χ4n) is 2.09. The van der Waals surface area contributed by atoms with Gasteiger partial charge in [-0.05, 0) is 24.7 Å². The molecule has 1 aliphatic carbocycles. The maximum Gasteiger partial charge on any atom is 0.147 e. The number of hydrogen-bond donors (Lipinski definition) is 1. The zero-order valence-electron chi connectivity index (χ0n) is 8.22. The molecule has 1 saturated heterocycles. The van der Waals surface area contributed by atoms with Gasteiger partial charge < -0.3 is 5.11 Å². The van der Waals surface area contributed by atoms with E-state index in [1.165, 1.54) is 12.8 Å². The van der Waals surface area contributed by atoms with Crippen molar-refractivity contribution in [3.05, 3.63) is 0 Å². The molecule has 76 valence electrons. The second-order valence-corrected chi connectivity index (χ2v) is 5.08. The number of hydrogen-bond acceptors (Lipinski definition) is 2. The highest BCUT2D eigenvalue weighted by Gasteiger charge is 2.44. The highest BCUT2D eigenvalue weighted by atomic mass is 19.1. The number of rotatable bonds is 3. The van der Waals surface area contributed by atoms with E-state index in [9.17, 15) is 4.39 Å². The third-order valence-corrected chi connectivity index (χ3v) is 3.38. The monoisotopic (exact) mass is 187 g/mol. The van der Waals surface area contributed by atoms with Crippen molar-refractivity contribution in [2.75, 3.05) is 26.2 Å². The third-order valence-electron chi connectivity index (χ3n) is 3.38. The van der Waals surface area contributed by atoms with E-state index in [1.54, 1.807) is 0 Å². The lowest BCUT2D eigenvalue weighted by Crippen LogP contribution is -2.34. The number of halogens is 1. The first-order chi connectivity index (χ1) is 6.05. The Hall–Kier alpha value is -0.150. The van der Waals surface area contributed by atoms with Gasteiger partial charge >= 0.3 is 0 Å². The number of likely N-dealkylation sites (tertiary alicyclic amines) is 1. The lowest BCUT2D eigenvalue weighted by Gasteiger charge is -2.21. The Bertz CT molecular complexity index is 205. The van der Waals surface area contributed by atoms with Crippen LogP contribution in [-0.4, -0.2) is 41.9 Å². The van der Waals surface area contributed by atoms with Crippen LogP contribution in [0.15, 0.2) is 0 Å². The van der Waals surface area contributed by atoms with Crippen LogP contribution < -0.4 is 0 Å². The van der Waals surface area contributed by atoms with Gasteiger partial charge in [0.05, 0.1) is 6.61 Å². The Balaban J connectivity index is 1.84. The smallest absolute Gasteiger partial charge is 0.147 e. The van der Waals surface area contributed by atoms with E-state index >= 15 is 0 Å². The molecule has 0 aromatic heterocycles. The van der Waals surface area contributed by atoms with Crippen LogP contribution in [0, 0.1) is 5.41 Å². The van der Waals surface area contributed by atoms with Crippen LogP contribution in [0.5, 0.6) is 0 Å². The topological polar surface area (TPSA) is 23.5 Å². The number of aliphatic hydroxyl groups excluding tert-OH is 1. The molecule has 0 radical (unpaired) electrons. The Labute approximate surface area is 78.7 Å². The van der Waals surface area contributed by atoms with Crippen molar-refractivity contribution < 1.29 is 9.50 Å². The molecule has 1 aliphatic heterocycles. The van der Waals surface area contributed by atoms with Gasteiger partial charge in [0.2, 0.25) is 0 Å². The molecule has 0 spiro atoms. The van der Waals surface area contributed by atoms with Crippen LogP contribution in [0.25, 0.3) is 0 Å². The molecular weight excluding hydrogens is 169 g/mol. The van der Waals surface area contributed by atoms with E-state index in [0.29, 0.717) is 18.4 Å². The molecule has 1 unspecified atom stereocenters. The third kappa shape index (κ3) is 2.02. The predicted octanol–water partition coefficient (Wildman–Crippen LogP) is 1.19.